The number of methoxy groups -OCH3 is 1. The number of nitrogens with zero attached hydrogens (tertiary/aromatic N) is 4. The quantitative estimate of drug-likeness (QED) is 0.376. The van der Waals surface area contributed by atoms with Gasteiger partial charge in [-0.15, -0.1) is 0 Å². The number of imidazole rings is 1. The highest BCUT2D eigenvalue weighted by Crippen LogP contribution is 2.29. The van der Waals surface area contributed by atoms with Crippen LogP contribution in [0.1, 0.15) is 21.6 Å². The number of anilines is 1. The van der Waals surface area contributed by atoms with Crippen LogP contribution in [0.15, 0.2) is 91.5 Å². The Labute approximate surface area is 196 Å². The first-order valence-corrected chi connectivity index (χ1v) is 10.8. The molecule has 2 aromatic carbocycles. The summed E-state index contributed by atoms with van der Waals surface area (Å²) >= 11 is 0. The van der Waals surface area contributed by atoms with Gasteiger partial charge in [0.2, 0.25) is 0 Å². The molecule has 5 aromatic rings. The molecule has 0 aliphatic rings. The number of pyridine rings is 1. The summed E-state index contributed by atoms with van der Waals surface area (Å²) in [5.41, 5.74) is 3.85. The average Bonchev–Trinajstić information content (AvgIpc) is 3.49. The van der Waals surface area contributed by atoms with E-state index >= 15 is 0 Å². The molecule has 3 aromatic heterocycles. The SMILES string of the molecule is COc1cc(C(=O)Nc2cnn(Cc3cn4ccccc4n3)c2)ccc1OCc1ccccc1. The summed E-state index contributed by atoms with van der Waals surface area (Å²) in [6.07, 6.45) is 7.30. The molecule has 0 radical (unpaired) electrons. The lowest BCUT2D eigenvalue weighted by atomic mass is 10.2. The van der Waals surface area contributed by atoms with Gasteiger partial charge in [-0.1, -0.05) is 36.4 Å². The Kier molecular flexibility index (Phi) is 5.94. The number of hydrogen-bond donors (Lipinski definition) is 1. The van der Waals surface area contributed by atoms with E-state index in [-0.39, 0.29) is 5.91 Å². The fourth-order valence-corrected chi connectivity index (χ4v) is 3.61. The van der Waals surface area contributed by atoms with Crippen molar-refractivity contribution in [1.29, 1.82) is 0 Å². The zero-order valence-corrected chi connectivity index (χ0v) is 18.6. The summed E-state index contributed by atoms with van der Waals surface area (Å²) in [4.78, 5) is 17.4. The first-order chi connectivity index (χ1) is 16.7. The summed E-state index contributed by atoms with van der Waals surface area (Å²) in [5, 5.41) is 7.21. The Bertz CT molecular complexity index is 1390. The highest BCUT2D eigenvalue weighted by Gasteiger charge is 2.13. The highest BCUT2D eigenvalue weighted by molar-refractivity contribution is 6.04. The fourth-order valence-electron chi connectivity index (χ4n) is 3.61. The third kappa shape index (κ3) is 4.75. The second kappa shape index (κ2) is 9.50. The second-order valence-electron chi connectivity index (χ2n) is 7.72. The van der Waals surface area contributed by atoms with Crippen LogP contribution in [0.5, 0.6) is 11.5 Å². The van der Waals surface area contributed by atoms with Crippen molar-refractivity contribution in [3.05, 3.63) is 108 Å². The van der Waals surface area contributed by atoms with Crippen LogP contribution in [-0.2, 0) is 13.2 Å². The monoisotopic (exact) mass is 453 g/mol. The number of carbonyl (C=O) groups excluding carboxylic acids is 1. The van der Waals surface area contributed by atoms with E-state index in [1.807, 2.05) is 65.3 Å². The molecule has 5 rings (SSSR count). The molecule has 0 fully saturated rings. The normalized spacial score (nSPS) is 10.9. The first-order valence-electron chi connectivity index (χ1n) is 10.8. The molecule has 1 N–H and O–H groups in total. The van der Waals surface area contributed by atoms with Gasteiger partial charge in [0.1, 0.15) is 12.3 Å². The second-order valence-corrected chi connectivity index (χ2v) is 7.72. The molecule has 0 unspecified atom stereocenters. The number of hydrogen-bond acceptors (Lipinski definition) is 5. The largest absolute Gasteiger partial charge is 0.493 e. The molecule has 1 amide bonds. The predicted octanol–water partition coefficient (Wildman–Crippen LogP) is 4.42. The Balaban J connectivity index is 1.23. The average molecular weight is 454 g/mol. The van der Waals surface area contributed by atoms with Crippen LogP contribution >= 0.6 is 0 Å². The molecule has 0 aliphatic heterocycles. The lowest BCUT2D eigenvalue weighted by molar-refractivity contribution is 0.102. The molecule has 8 heteroatoms. The number of aromatic nitrogens is 4. The Morgan fingerprint density at radius 1 is 1.00 bits per heavy atom. The minimum absolute atomic E-state index is 0.264. The minimum atomic E-state index is -0.264. The van der Waals surface area contributed by atoms with Crippen LogP contribution in [0.25, 0.3) is 5.65 Å². The van der Waals surface area contributed by atoms with Gasteiger partial charge < -0.3 is 19.2 Å². The molecule has 0 saturated carbocycles. The van der Waals surface area contributed by atoms with Crippen LogP contribution in [0.3, 0.4) is 0 Å². The molecule has 170 valence electrons. The third-order valence-corrected chi connectivity index (χ3v) is 5.29. The van der Waals surface area contributed by atoms with E-state index in [0.29, 0.717) is 35.9 Å². The van der Waals surface area contributed by atoms with Crippen LogP contribution in [0.2, 0.25) is 0 Å². The van der Waals surface area contributed by atoms with Crippen molar-refractivity contribution in [2.45, 2.75) is 13.2 Å². The van der Waals surface area contributed by atoms with Gasteiger partial charge in [-0.05, 0) is 35.9 Å². The van der Waals surface area contributed by atoms with Crippen LogP contribution in [-0.4, -0.2) is 32.2 Å². The van der Waals surface area contributed by atoms with Crippen molar-refractivity contribution >= 4 is 17.2 Å². The molecular weight excluding hydrogens is 430 g/mol. The standard InChI is InChI=1S/C26H23N5O3/c1-33-24-13-20(10-11-23(24)34-18-19-7-3-2-4-8-19)26(32)29-21-14-27-31(16-21)17-22-15-30-12-6-5-9-25(30)28-22/h2-16H,17-18H2,1H3,(H,29,32). The number of ether oxygens (including phenoxy) is 2. The number of amides is 1. The van der Waals surface area contributed by atoms with Crippen molar-refractivity contribution in [3.8, 4) is 11.5 Å². The van der Waals surface area contributed by atoms with E-state index in [9.17, 15) is 4.79 Å². The summed E-state index contributed by atoms with van der Waals surface area (Å²) in [7, 11) is 1.55. The van der Waals surface area contributed by atoms with Gasteiger partial charge in [0.15, 0.2) is 11.5 Å². The van der Waals surface area contributed by atoms with Crippen molar-refractivity contribution < 1.29 is 14.3 Å². The summed E-state index contributed by atoms with van der Waals surface area (Å²) in [5.74, 6) is 0.800. The van der Waals surface area contributed by atoms with E-state index in [1.54, 1.807) is 42.4 Å². The van der Waals surface area contributed by atoms with Crippen LogP contribution in [0, 0.1) is 0 Å². The molecule has 3 heterocycles. The number of fused-ring (bicyclic) bond motifs is 1. The maximum Gasteiger partial charge on any atom is 0.255 e. The van der Waals surface area contributed by atoms with E-state index in [4.69, 9.17) is 9.47 Å². The van der Waals surface area contributed by atoms with Crippen molar-refractivity contribution in [1.82, 2.24) is 19.2 Å². The zero-order chi connectivity index (χ0) is 23.3. The van der Waals surface area contributed by atoms with Gasteiger partial charge in [-0.25, -0.2) is 4.98 Å². The van der Waals surface area contributed by atoms with Crippen molar-refractivity contribution in [3.63, 3.8) is 0 Å². The molecule has 34 heavy (non-hydrogen) atoms. The van der Waals surface area contributed by atoms with Gasteiger partial charge in [0.05, 0.1) is 31.2 Å². The molecular formula is C26H23N5O3. The van der Waals surface area contributed by atoms with Crippen LogP contribution < -0.4 is 14.8 Å². The molecule has 0 aliphatic carbocycles. The fraction of sp³-hybridized carbons (Fsp3) is 0.115. The molecule has 0 bridgehead atoms. The minimum Gasteiger partial charge on any atom is -0.493 e. The molecule has 0 spiro atoms. The lowest BCUT2D eigenvalue weighted by Crippen LogP contribution is -2.12. The van der Waals surface area contributed by atoms with Gasteiger partial charge >= 0.3 is 0 Å². The summed E-state index contributed by atoms with van der Waals surface area (Å²) in [6, 6.07) is 20.8. The van der Waals surface area contributed by atoms with Gasteiger partial charge in [0, 0.05) is 24.2 Å². The van der Waals surface area contributed by atoms with E-state index < -0.39 is 0 Å². The number of benzene rings is 2. The van der Waals surface area contributed by atoms with Gasteiger partial charge in [-0.3, -0.25) is 9.48 Å². The van der Waals surface area contributed by atoms with Crippen LogP contribution in [0.4, 0.5) is 5.69 Å². The smallest absolute Gasteiger partial charge is 0.255 e. The van der Waals surface area contributed by atoms with Gasteiger partial charge in [0.25, 0.3) is 5.91 Å². The number of carbonyl (C=O) groups is 1. The topological polar surface area (TPSA) is 82.7 Å². The number of nitrogens with one attached hydrogen (secondary N) is 1. The number of rotatable bonds is 8. The summed E-state index contributed by atoms with van der Waals surface area (Å²) < 4.78 is 15.0. The van der Waals surface area contributed by atoms with E-state index in [2.05, 4.69) is 15.4 Å². The highest BCUT2D eigenvalue weighted by atomic mass is 16.5. The van der Waals surface area contributed by atoms with Crippen molar-refractivity contribution in [2.24, 2.45) is 0 Å². The van der Waals surface area contributed by atoms with E-state index in [1.165, 1.54) is 0 Å². The van der Waals surface area contributed by atoms with Gasteiger partial charge in [-0.2, -0.15) is 5.10 Å². The first kappa shape index (κ1) is 21.3. The molecule has 0 saturated heterocycles. The third-order valence-electron chi connectivity index (χ3n) is 5.29. The Morgan fingerprint density at radius 3 is 2.68 bits per heavy atom. The lowest BCUT2D eigenvalue weighted by Gasteiger charge is -2.12. The maximum absolute atomic E-state index is 12.8. The molecule has 0 atom stereocenters. The predicted molar refractivity (Wildman–Crippen MR) is 128 cm³/mol. The summed E-state index contributed by atoms with van der Waals surface area (Å²) in [6.45, 7) is 0.910. The van der Waals surface area contributed by atoms with Crippen molar-refractivity contribution in [2.75, 3.05) is 12.4 Å². The maximum atomic E-state index is 12.8. The Morgan fingerprint density at radius 2 is 1.85 bits per heavy atom. The Hall–Kier alpha value is -4.59. The molecule has 8 nitrogen and oxygen atoms in total. The zero-order valence-electron chi connectivity index (χ0n) is 18.6. The van der Waals surface area contributed by atoms with E-state index in [0.717, 1.165) is 16.9 Å².